The lowest BCUT2D eigenvalue weighted by atomic mass is 9.78. The van der Waals surface area contributed by atoms with Gasteiger partial charge >= 0.3 is 33.4 Å². The van der Waals surface area contributed by atoms with Crippen molar-refractivity contribution in [3.63, 3.8) is 0 Å². The van der Waals surface area contributed by atoms with Crippen molar-refractivity contribution in [2.24, 2.45) is 0 Å². The number of halogens is 13. The van der Waals surface area contributed by atoms with Crippen LogP contribution >= 0.6 is 138 Å². The van der Waals surface area contributed by atoms with Crippen molar-refractivity contribution in [2.75, 3.05) is 84.2 Å². The van der Waals surface area contributed by atoms with E-state index in [2.05, 4.69) is 164 Å². The fourth-order valence-corrected chi connectivity index (χ4v) is 14.9. The topological polar surface area (TPSA) is 274 Å². The van der Waals surface area contributed by atoms with E-state index in [1.807, 2.05) is 77.7 Å². The second-order valence-corrected chi connectivity index (χ2v) is 37.6. The highest BCUT2D eigenvalue weighted by Crippen LogP contribution is 2.31. The number of benzene rings is 3. The van der Waals surface area contributed by atoms with E-state index in [0.29, 0.717) is 124 Å². The first-order valence-electron chi connectivity index (χ1n) is 42.8. The Bertz CT molecular complexity index is 5240. The molecule has 134 heavy (non-hydrogen) atoms. The molecule has 6 aromatic heterocycles. The molecule has 3 aromatic carbocycles. The van der Waals surface area contributed by atoms with Crippen LogP contribution in [0.25, 0.3) is 0 Å². The number of hydrogen-bond acceptors (Lipinski definition) is 23. The average molecular weight is 2220 g/mol. The minimum atomic E-state index is -4.64. The Balaban J connectivity index is 0.000000243. The minimum Gasteiger partial charge on any atom is -0.490 e. The number of pyridine rings is 6. The predicted octanol–water partition coefficient (Wildman–Crippen LogP) is 18.9. The van der Waals surface area contributed by atoms with Crippen molar-refractivity contribution < 1.29 is 72.4 Å². The smallest absolute Gasteiger partial charge is 0.446 e. The number of amides is 1. The summed E-state index contributed by atoms with van der Waals surface area (Å²) in [5.41, 5.74) is 7.16. The number of carbonyl (C=O) groups excluding carboxylic acids is 2. The van der Waals surface area contributed by atoms with Gasteiger partial charge in [-0.2, -0.15) is 13.2 Å². The molecule has 0 spiro atoms. The van der Waals surface area contributed by atoms with Gasteiger partial charge in [0.25, 0.3) is 0 Å². The normalized spacial score (nSPS) is 17.2. The van der Waals surface area contributed by atoms with Gasteiger partial charge in [0, 0.05) is 74.6 Å². The quantitative estimate of drug-likeness (QED) is 0.00799. The lowest BCUT2D eigenvalue weighted by Crippen LogP contribution is -2.57. The number of rotatable bonds is 27. The van der Waals surface area contributed by atoms with Gasteiger partial charge in [0.1, 0.15) is 111 Å². The van der Waals surface area contributed by atoms with Gasteiger partial charge in [0.15, 0.2) is 0 Å². The highest BCUT2D eigenvalue weighted by atomic mass is 127. The molecule has 24 nitrogen and oxygen atoms in total. The Morgan fingerprint density at radius 3 is 1.12 bits per heavy atom. The minimum absolute atomic E-state index is 0. The fourth-order valence-electron chi connectivity index (χ4n) is 13.2. The molecule has 5 N–H and O–H groups in total. The number of hydrogen-bond donors (Lipinski definition) is 5. The SMILES string of the molecule is C.C#Cc1cc(OC[C@@H]2CCN2C(=O)OC(C)(C)C)cnc1Cl.CB(O)N1CC[C@H]1COc1cnc(Cl)c(C#Cc2ccc(C#Cc3cc(OC[C@@H]4CCN4B(C)O)cnc3Cl)cc2)c1.CB(O)N1CC[C@H]1COc1cnc(Cl)c(CCc2ccc(CCc3cc(OC[C@@H]4CCN4)cnc3Cl)cc2)c1.ClCCl.Clc1ccc(OC[C@@H]2CCN2)cn1.Ic1ccc(I)cc1.O=CC(F)(F)F.[HH]. The zero-order valence-electron chi connectivity index (χ0n) is 73.9. The number of aryl methyl sites for hydroxylation is 4. The van der Waals surface area contributed by atoms with Crippen LogP contribution in [0.2, 0.25) is 51.4 Å². The summed E-state index contributed by atoms with van der Waals surface area (Å²) in [6, 6.07) is 38.9. The second-order valence-electron chi connectivity index (χ2n) is 32.1. The van der Waals surface area contributed by atoms with Gasteiger partial charge in [0.05, 0.1) is 65.3 Å². The van der Waals surface area contributed by atoms with Crippen LogP contribution in [-0.4, -0.2) is 230 Å². The first-order valence-corrected chi connectivity index (χ1v) is 48.3. The standard InChI is InChI=1S/C30H30B2Cl2N4O4.C29H35BCl2N4O3.C16H19ClN2O3.C9H11ClN2O.C6H4I2.C2HF3O.CH2Cl2.CH4.H2/c1-31(39)37-13-11-25(37)19-41-27-15-23(29(33)35-17-27)9-7-21-3-5-22(6-4-21)8-10-24-16-28(18-36-30(24)34)42-20-26-12-14-38(26)32(2)40;1-30(37)36-13-11-25(36)19-39-27-15-23(29(32)35-17-27)9-7-21-4-2-20(3-5-21)6-8-22-14-26(16-34-28(22)31)38-18-24-10-12-33-24;1-5-11-8-13(9-18-14(11)17)21-10-12-6-7-19(12)15(20)22-16(2,3)4;10-9-2-1-8(5-12-9)13-6-7-3-4-11-7;7-5-1-2-6(8)4-3-5;3-2(4,5)1-6;2-1-3;;/h3-6,15-18,25-26,39-40H,11-14,19-20H2,1-2H3;2-5,14-17,24-25,33,37H,6-13,18-19H2,1H3;1,8-9,12H,6-7,10H2,2-4H3;1-2,5,7,11H,3-4,6H2;1-4H;1H;1H2;1H4;1H/t25-,26-;24-,25-;12-;7-;;;;;/m0000...../s1. The van der Waals surface area contributed by atoms with Crippen molar-refractivity contribution in [1.82, 2.24) is 59.9 Å². The molecule has 6 fully saturated rings. The summed E-state index contributed by atoms with van der Waals surface area (Å²) < 4.78 is 73.9. The molecule has 1 amide bonds. The molecule has 0 bridgehead atoms. The summed E-state index contributed by atoms with van der Waals surface area (Å²) in [7, 11) is -1.42. The number of carbonyl (C=O) groups is 2. The van der Waals surface area contributed by atoms with E-state index >= 15 is 0 Å². The highest BCUT2D eigenvalue weighted by Gasteiger charge is 2.38. The number of likely N-dealkylation sites (tertiary alicyclic amines) is 1. The van der Waals surface area contributed by atoms with E-state index in [-0.39, 0.29) is 49.6 Å². The molecule has 12 heterocycles. The van der Waals surface area contributed by atoms with Crippen LogP contribution in [0.1, 0.15) is 118 Å². The Labute approximate surface area is 852 Å². The highest BCUT2D eigenvalue weighted by molar-refractivity contribution is 14.1. The third kappa shape index (κ3) is 38.7. The van der Waals surface area contributed by atoms with Crippen LogP contribution < -0.4 is 39.1 Å². The van der Waals surface area contributed by atoms with Crippen LogP contribution in [0.3, 0.4) is 0 Å². The third-order valence-electron chi connectivity index (χ3n) is 21.3. The maximum atomic E-state index is 12.0. The average Bonchev–Trinajstić information content (AvgIpc) is 0.617. The Morgan fingerprint density at radius 2 is 0.813 bits per heavy atom. The molecule has 6 saturated heterocycles. The summed E-state index contributed by atoms with van der Waals surface area (Å²) in [6.07, 6.45) is 18.5. The largest absolute Gasteiger partial charge is 0.490 e. The molecule has 0 aliphatic carbocycles. The zero-order chi connectivity index (χ0) is 96.2. The van der Waals surface area contributed by atoms with Gasteiger partial charge in [-0.15, -0.1) is 29.6 Å². The molecule has 40 heteroatoms. The summed E-state index contributed by atoms with van der Waals surface area (Å²) in [5, 5.41) is 38.5. The second kappa shape index (κ2) is 57.1. The number of aldehydes is 1. The molecule has 6 aliphatic rings. The number of ether oxygens (including phenoxy) is 7. The Hall–Kier alpha value is -7.58. The lowest BCUT2D eigenvalue weighted by Gasteiger charge is -2.41. The van der Waals surface area contributed by atoms with E-state index in [9.17, 15) is 33.0 Å². The first kappa shape index (κ1) is 112. The number of alkyl halides is 5. The van der Waals surface area contributed by atoms with Gasteiger partial charge in [-0.1, -0.05) is 131 Å². The maximum absolute atomic E-state index is 12.0. The molecule has 0 unspecified atom stereocenters. The number of nitrogens with zero attached hydrogens (tertiary/aromatic N) is 10. The van der Waals surface area contributed by atoms with E-state index in [4.69, 9.17) is 137 Å². The van der Waals surface area contributed by atoms with E-state index in [1.165, 1.54) is 30.9 Å². The van der Waals surface area contributed by atoms with Crippen LogP contribution in [0, 0.1) is 43.2 Å². The molecule has 6 aliphatic heterocycles. The number of terminal acetylenes is 1. The summed E-state index contributed by atoms with van der Waals surface area (Å²) in [4.78, 5) is 53.3. The van der Waals surface area contributed by atoms with Crippen LogP contribution in [0.4, 0.5) is 18.0 Å². The molecule has 15 rings (SSSR count). The molecule has 0 saturated carbocycles. The summed E-state index contributed by atoms with van der Waals surface area (Å²) in [5.74, 6) is 18.8. The molecule has 9 aromatic rings. The Kier molecular flexibility index (Phi) is 47.6. The van der Waals surface area contributed by atoms with Gasteiger partial charge in [-0.3, -0.25) is 4.79 Å². The molecule has 6 atom stereocenters. The first-order chi connectivity index (χ1) is 63.6. The fraction of sp³-hybridized carbons (Fsp3) is 0.404. The van der Waals surface area contributed by atoms with E-state index in [1.54, 1.807) is 80.6 Å². The van der Waals surface area contributed by atoms with Gasteiger partial charge in [0.2, 0.25) is 6.29 Å². The number of aromatic nitrogens is 6. The Morgan fingerprint density at radius 1 is 0.485 bits per heavy atom. The van der Waals surface area contributed by atoms with Crippen molar-refractivity contribution in [2.45, 2.75) is 161 Å². The summed E-state index contributed by atoms with van der Waals surface area (Å²) >= 11 is 50.9. The monoisotopic (exact) mass is 2220 g/mol. The molecule has 716 valence electrons. The van der Waals surface area contributed by atoms with Gasteiger partial charge in [-0.05, 0) is 278 Å². The van der Waals surface area contributed by atoms with Gasteiger partial charge < -0.3 is 78.2 Å². The van der Waals surface area contributed by atoms with Gasteiger partial charge in [-0.25, -0.2) is 34.7 Å². The third-order valence-corrected chi connectivity index (χ3v) is 24.5. The predicted molar refractivity (Wildman–Crippen MR) is 546 cm³/mol. The van der Waals surface area contributed by atoms with Crippen molar-refractivity contribution in [3.05, 3.63) is 241 Å². The van der Waals surface area contributed by atoms with Crippen molar-refractivity contribution in [1.29, 1.82) is 0 Å². The molecular weight excluding hydrogens is 2120 g/mol. The number of nitrogens with one attached hydrogen (secondary N) is 2. The van der Waals surface area contributed by atoms with E-state index in [0.717, 1.165) is 124 Å². The van der Waals surface area contributed by atoms with E-state index < -0.39 is 39.2 Å². The molecule has 0 radical (unpaired) electrons. The van der Waals surface area contributed by atoms with Crippen molar-refractivity contribution >= 4 is 172 Å². The van der Waals surface area contributed by atoms with Crippen molar-refractivity contribution in [3.8, 4) is 70.5 Å². The maximum Gasteiger partial charge on any atom is 0.446 e. The summed E-state index contributed by atoms with van der Waals surface area (Å²) in [6.45, 7) is 19.5. The molecular formula is C94H108B3Cl8F3I2N12O12. The van der Waals surface area contributed by atoms with Crippen LogP contribution in [-0.2, 0) is 35.2 Å². The van der Waals surface area contributed by atoms with Crippen LogP contribution in [0.15, 0.2) is 152 Å². The van der Waals surface area contributed by atoms with Crippen LogP contribution in [0.5, 0.6) is 34.5 Å². The zero-order valence-corrected chi connectivity index (χ0v) is 84.3. The lowest BCUT2D eigenvalue weighted by molar-refractivity contribution is -0.156.